The van der Waals surface area contributed by atoms with Gasteiger partial charge in [-0.2, -0.15) is 0 Å². The van der Waals surface area contributed by atoms with E-state index >= 15 is 0 Å². The van der Waals surface area contributed by atoms with Gasteiger partial charge in [0.05, 0.1) is 16.6 Å². The van der Waals surface area contributed by atoms with E-state index in [2.05, 4.69) is 4.98 Å². The van der Waals surface area contributed by atoms with Gasteiger partial charge in [-0.25, -0.2) is 22.9 Å². The normalized spacial score (nSPS) is 12.5. The Morgan fingerprint density at radius 3 is 2.52 bits per heavy atom. The Kier molecular flexibility index (Phi) is 3.55. The molecular weight excluding hydrogens is 309 g/mol. The zero-order valence-corrected chi connectivity index (χ0v) is 11.9. The Morgan fingerprint density at radius 2 is 1.83 bits per heavy atom. The number of carbonyl (C=O) groups is 1. The monoisotopic (exact) mass is 320 g/mol. The Morgan fingerprint density at radius 1 is 1.13 bits per heavy atom. The molecule has 3 rings (SSSR count). The summed E-state index contributed by atoms with van der Waals surface area (Å²) in [7, 11) is 0. The molecule has 3 aromatic rings. The van der Waals surface area contributed by atoms with Crippen molar-refractivity contribution >= 4 is 17.0 Å². The largest absolute Gasteiger partial charge is 0.480 e. The average Bonchev–Trinajstić information content (AvgIpc) is 2.91. The Balaban J connectivity index is 2.36. The standard InChI is InChI=1S/C16H11F3N2O2/c1-8(16(22)23)21-12-5-3-2-4-11(12)20-15(21)9-6-7-10(17)14(19)13(9)18/h2-8H,1H3,(H,22,23). The van der Waals surface area contributed by atoms with E-state index in [0.29, 0.717) is 11.0 Å². The first-order chi connectivity index (χ1) is 10.9. The Labute approximate surface area is 128 Å². The molecule has 7 heteroatoms. The van der Waals surface area contributed by atoms with E-state index in [1.165, 1.54) is 11.5 Å². The van der Waals surface area contributed by atoms with Crippen molar-refractivity contribution in [1.82, 2.24) is 9.55 Å². The molecule has 1 unspecified atom stereocenters. The number of nitrogens with zero attached hydrogens (tertiary/aromatic N) is 2. The summed E-state index contributed by atoms with van der Waals surface area (Å²) >= 11 is 0. The molecule has 0 aliphatic rings. The maximum atomic E-state index is 14.1. The predicted molar refractivity (Wildman–Crippen MR) is 77.4 cm³/mol. The van der Waals surface area contributed by atoms with Crippen LogP contribution in [0.1, 0.15) is 13.0 Å². The van der Waals surface area contributed by atoms with Gasteiger partial charge in [0.1, 0.15) is 11.9 Å². The molecule has 0 amide bonds. The second kappa shape index (κ2) is 5.42. The Bertz CT molecular complexity index is 921. The number of para-hydroxylation sites is 2. The number of rotatable bonds is 3. The van der Waals surface area contributed by atoms with Gasteiger partial charge >= 0.3 is 5.97 Å². The van der Waals surface area contributed by atoms with Crippen molar-refractivity contribution in [3.63, 3.8) is 0 Å². The van der Waals surface area contributed by atoms with Gasteiger partial charge in [0.25, 0.3) is 0 Å². The zero-order chi connectivity index (χ0) is 16.7. The van der Waals surface area contributed by atoms with Gasteiger partial charge in [-0.3, -0.25) is 0 Å². The lowest BCUT2D eigenvalue weighted by molar-refractivity contribution is -0.140. The van der Waals surface area contributed by atoms with E-state index in [0.717, 1.165) is 12.1 Å². The third-order valence-electron chi connectivity index (χ3n) is 3.62. The number of benzene rings is 2. The number of imidazole rings is 1. The van der Waals surface area contributed by atoms with Crippen LogP contribution in [0.25, 0.3) is 22.4 Å². The molecule has 0 radical (unpaired) electrons. The number of fused-ring (bicyclic) bond motifs is 1. The molecule has 118 valence electrons. The van der Waals surface area contributed by atoms with Crippen molar-refractivity contribution in [1.29, 1.82) is 0 Å². The lowest BCUT2D eigenvalue weighted by atomic mass is 10.1. The number of carboxylic acid groups (broad SMARTS) is 1. The van der Waals surface area contributed by atoms with Crippen LogP contribution < -0.4 is 0 Å². The van der Waals surface area contributed by atoms with Gasteiger partial charge in [0.15, 0.2) is 17.5 Å². The third kappa shape index (κ3) is 2.34. The minimum absolute atomic E-state index is 0.0718. The number of aliphatic carboxylic acids is 1. The summed E-state index contributed by atoms with van der Waals surface area (Å²) in [5.74, 6) is -5.57. The molecule has 2 aromatic carbocycles. The first-order valence-corrected chi connectivity index (χ1v) is 6.75. The molecule has 1 heterocycles. The zero-order valence-electron chi connectivity index (χ0n) is 11.9. The summed E-state index contributed by atoms with van der Waals surface area (Å²) in [6, 6.07) is 7.38. The SMILES string of the molecule is CC(C(=O)O)n1c(-c2ccc(F)c(F)c2F)nc2ccccc21. The number of halogens is 3. The van der Waals surface area contributed by atoms with E-state index in [4.69, 9.17) is 0 Å². The number of carboxylic acids is 1. The summed E-state index contributed by atoms with van der Waals surface area (Å²) in [5.41, 5.74) is 0.592. The first kappa shape index (κ1) is 15.1. The molecule has 1 N–H and O–H groups in total. The lowest BCUT2D eigenvalue weighted by Crippen LogP contribution is -2.17. The van der Waals surface area contributed by atoms with Crippen LogP contribution in [0.5, 0.6) is 0 Å². The highest BCUT2D eigenvalue weighted by atomic mass is 19.2. The average molecular weight is 320 g/mol. The van der Waals surface area contributed by atoms with Crippen LogP contribution in [0.3, 0.4) is 0 Å². The highest BCUT2D eigenvalue weighted by Crippen LogP contribution is 2.31. The fourth-order valence-electron chi connectivity index (χ4n) is 2.44. The smallest absolute Gasteiger partial charge is 0.326 e. The van der Waals surface area contributed by atoms with Crippen LogP contribution in [0.4, 0.5) is 13.2 Å². The molecule has 4 nitrogen and oxygen atoms in total. The number of hydrogen-bond acceptors (Lipinski definition) is 2. The molecule has 23 heavy (non-hydrogen) atoms. The van der Waals surface area contributed by atoms with Crippen LogP contribution in [-0.4, -0.2) is 20.6 Å². The summed E-state index contributed by atoms with van der Waals surface area (Å²) in [4.78, 5) is 15.5. The van der Waals surface area contributed by atoms with Crippen LogP contribution in [0.2, 0.25) is 0 Å². The van der Waals surface area contributed by atoms with Gasteiger partial charge in [0, 0.05) is 0 Å². The summed E-state index contributed by atoms with van der Waals surface area (Å²) in [6.45, 7) is 1.40. The van der Waals surface area contributed by atoms with E-state index in [1.807, 2.05) is 0 Å². The molecular formula is C16H11F3N2O2. The topological polar surface area (TPSA) is 55.1 Å². The van der Waals surface area contributed by atoms with Crippen LogP contribution in [0, 0.1) is 17.5 Å². The number of hydrogen-bond donors (Lipinski definition) is 1. The van der Waals surface area contributed by atoms with Crippen molar-refractivity contribution < 1.29 is 23.1 Å². The minimum atomic E-state index is -1.62. The molecule has 1 atom stereocenters. The van der Waals surface area contributed by atoms with Gasteiger partial charge in [-0.05, 0) is 31.2 Å². The molecule has 1 aromatic heterocycles. The van der Waals surface area contributed by atoms with Gasteiger partial charge < -0.3 is 9.67 Å². The molecule has 0 saturated heterocycles. The molecule has 0 spiro atoms. The number of aromatic nitrogens is 2. The molecule has 0 fully saturated rings. The van der Waals surface area contributed by atoms with Crippen molar-refractivity contribution in [3.05, 3.63) is 53.8 Å². The van der Waals surface area contributed by atoms with Crippen molar-refractivity contribution in [2.45, 2.75) is 13.0 Å². The van der Waals surface area contributed by atoms with Gasteiger partial charge in [-0.15, -0.1) is 0 Å². The minimum Gasteiger partial charge on any atom is -0.480 e. The van der Waals surface area contributed by atoms with Crippen molar-refractivity contribution in [2.24, 2.45) is 0 Å². The van der Waals surface area contributed by atoms with Crippen LogP contribution in [-0.2, 0) is 4.79 Å². The second-order valence-corrected chi connectivity index (χ2v) is 5.03. The summed E-state index contributed by atoms with van der Waals surface area (Å²) in [5, 5.41) is 9.28. The van der Waals surface area contributed by atoms with E-state index in [-0.39, 0.29) is 11.4 Å². The quantitative estimate of drug-likeness (QED) is 0.748. The lowest BCUT2D eigenvalue weighted by Gasteiger charge is -2.14. The molecule has 0 aliphatic heterocycles. The van der Waals surface area contributed by atoms with Gasteiger partial charge in [0.2, 0.25) is 0 Å². The first-order valence-electron chi connectivity index (χ1n) is 6.75. The van der Waals surface area contributed by atoms with Crippen LogP contribution >= 0.6 is 0 Å². The summed E-state index contributed by atoms with van der Waals surface area (Å²) in [6.07, 6.45) is 0. The van der Waals surface area contributed by atoms with E-state index < -0.39 is 29.5 Å². The molecule has 0 saturated carbocycles. The van der Waals surface area contributed by atoms with Gasteiger partial charge in [-0.1, -0.05) is 12.1 Å². The maximum absolute atomic E-state index is 14.1. The van der Waals surface area contributed by atoms with Crippen molar-refractivity contribution in [2.75, 3.05) is 0 Å². The van der Waals surface area contributed by atoms with E-state index in [9.17, 15) is 23.1 Å². The Hall–Kier alpha value is -2.83. The maximum Gasteiger partial charge on any atom is 0.326 e. The summed E-state index contributed by atoms with van der Waals surface area (Å²) < 4.78 is 42.0. The third-order valence-corrected chi connectivity index (χ3v) is 3.62. The molecule has 0 aliphatic carbocycles. The fraction of sp³-hybridized carbons (Fsp3) is 0.125. The second-order valence-electron chi connectivity index (χ2n) is 5.03. The van der Waals surface area contributed by atoms with E-state index in [1.54, 1.807) is 24.3 Å². The molecule has 0 bridgehead atoms. The predicted octanol–water partition coefficient (Wildman–Crippen LogP) is 3.77. The van der Waals surface area contributed by atoms with Crippen molar-refractivity contribution in [3.8, 4) is 11.4 Å². The van der Waals surface area contributed by atoms with Crippen LogP contribution in [0.15, 0.2) is 36.4 Å². The fourth-order valence-corrected chi connectivity index (χ4v) is 2.44. The highest BCUT2D eigenvalue weighted by molar-refractivity contribution is 5.84. The highest BCUT2D eigenvalue weighted by Gasteiger charge is 2.25.